The van der Waals surface area contributed by atoms with Crippen molar-refractivity contribution in [2.45, 2.75) is 11.1 Å². The Kier molecular flexibility index (Phi) is 7.49. The van der Waals surface area contributed by atoms with Crippen LogP contribution in [0.25, 0.3) is 10.8 Å². The molecule has 0 radical (unpaired) electrons. The molecule has 0 aliphatic heterocycles. The molecule has 188 valence electrons. The average molecular weight is 525 g/mol. The molecule has 0 saturated carbocycles. The lowest BCUT2D eigenvalue weighted by Crippen LogP contribution is -2.15. The van der Waals surface area contributed by atoms with E-state index in [1.165, 1.54) is 18.2 Å². The molecule has 4 aromatic rings. The number of nitrogens with one attached hydrogen (secondary N) is 2. The summed E-state index contributed by atoms with van der Waals surface area (Å²) in [4.78, 5) is 37.6. The molecule has 0 aliphatic rings. The number of hydrogen-bond donors (Lipinski definition) is 3. The Bertz CT molecular complexity index is 1500. The Morgan fingerprint density at radius 2 is 1.41 bits per heavy atom. The summed E-state index contributed by atoms with van der Waals surface area (Å²) >= 11 is 1.14. The largest absolute Gasteiger partial charge is 0.478 e. The van der Waals surface area contributed by atoms with Gasteiger partial charge in [-0.15, -0.1) is 11.8 Å². The molecule has 10 heteroatoms. The number of anilines is 2. The number of hydrogen-bond acceptors (Lipinski definition) is 4. The number of aromatic carboxylic acids is 1. The first-order valence-corrected chi connectivity index (χ1v) is 11.9. The Hall–Kier alpha value is -4.31. The Morgan fingerprint density at radius 1 is 0.784 bits per heavy atom. The van der Waals surface area contributed by atoms with Crippen molar-refractivity contribution >= 4 is 51.7 Å². The van der Waals surface area contributed by atoms with E-state index in [4.69, 9.17) is 0 Å². The lowest BCUT2D eigenvalue weighted by Gasteiger charge is -2.11. The third-order valence-electron chi connectivity index (χ3n) is 5.32. The molecule has 0 fully saturated rings. The zero-order chi connectivity index (χ0) is 26.6. The van der Waals surface area contributed by atoms with E-state index in [2.05, 4.69) is 10.6 Å². The second-order valence-electron chi connectivity index (χ2n) is 7.91. The minimum absolute atomic E-state index is 0.0133. The lowest BCUT2D eigenvalue weighted by molar-refractivity contribution is -0.137. The van der Waals surface area contributed by atoms with Gasteiger partial charge in [-0.1, -0.05) is 36.4 Å². The van der Waals surface area contributed by atoms with E-state index in [1.807, 2.05) is 0 Å². The van der Waals surface area contributed by atoms with Gasteiger partial charge >= 0.3 is 12.1 Å². The molecule has 3 N–H and O–H groups in total. The maximum absolute atomic E-state index is 13.0. The minimum atomic E-state index is -4.51. The van der Waals surface area contributed by atoms with Crippen LogP contribution in [0.4, 0.5) is 24.5 Å². The summed E-state index contributed by atoms with van der Waals surface area (Å²) in [5.74, 6) is -2.20. The summed E-state index contributed by atoms with van der Waals surface area (Å²) in [6, 6.07) is 20.8. The molecule has 37 heavy (non-hydrogen) atoms. The highest BCUT2D eigenvalue weighted by Crippen LogP contribution is 2.31. The monoisotopic (exact) mass is 524 g/mol. The van der Waals surface area contributed by atoms with E-state index in [0.29, 0.717) is 21.4 Å². The van der Waals surface area contributed by atoms with Crippen LogP contribution in [-0.4, -0.2) is 28.6 Å². The smallest absolute Gasteiger partial charge is 0.416 e. The third-order valence-corrected chi connectivity index (χ3v) is 6.31. The number of carbonyl (C=O) groups is 3. The van der Waals surface area contributed by atoms with Crippen LogP contribution in [0, 0.1) is 0 Å². The topological polar surface area (TPSA) is 95.5 Å². The second kappa shape index (κ2) is 10.8. The number of fused-ring (bicyclic) bond motifs is 1. The van der Waals surface area contributed by atoms with E-state index in [9.17, 15) is 32.7 Å². The minimum Gasteiger partial charge on any atom is -0.478 e. The number of carbonyl (C=O) groups excluding carboxylic acids is 2. The van der Waals surface area contributed by atoms with Crippen LogP contribution in [0.15, 0.2) is 89.8 Å². The number of thioether (sulfide) groups is 1. The fourth-order valence-electron chi connectivity index (χ4n) is 3.69. The number of rotatable bonds is 7. The number of amides is 2. The second-order valence-corrected chi connectivity index (χ2v) is 8.96. The third kappa shape index (κ3) is 6.28. The molecule has 0 aromatic heterocycles. The zero-order valence-electron chi connectivity index (χ0n) is 19.0. The van der Waals surface area contributed by atoms with E-state index in [-0.39, 0.29) is 22.6 Å². The van der Waals surface area contributed by atoms with Crippen LogP contribution >= 0.6 is 11.8 Å². The van der Waals surface area contributed by atoms with E-state index in [0.717, 1.165) is 23.9 Å². The zero-order valence-corrected chi connectivity index (χ0v) is 19.8. The first kappa shape index (κ1) is 25.8. The predicted octanol–water partition coefficient (Wildman–Crippen LogP) is 6.54. The molecule has 0 atom stereocenters. The number of alkyl halides is 3. The van der Waals surface area contributed by atoms with Crippen LogP contribution in [-0.2, 0) is 11.0 Å². The van der Waals surface area contributed by atoms with Crippen molar-refractivity contribution < 1.29 is 32.7 Å². The maximum Gasteiger partial charge on any atom is 0.416 e. The van der Waals surface area contributed by atoms with Crippen LogP contribution in [0.2, 0.25) is 0 Å². The van der Waals surface area contributed by atoms with E-state index >= 15 is 0 Å². The first-order valence-electron chi connectivity index (χ1n) is 10.9. The summed E-state index contributed by atoms with van der Waals surface area (Å²) in [5.41, 5.74) is -0.174. The molecular formula is C27H19F3N2O4S. The van der Waals surface area contributed by atoms with Gasteiger partial charge in [0.05, 0.1) is 16.9 Å². The highest BCUT2D eigenvalue weighted by Gasteiger charge is 2.30. The normalized spacial score (nSPS) is 11.2. The quantitative estimate of drug-likeness (QED) is 0.239. The molecule has 4 rings (SSSR count). The Balaban J connectivity index is 1.44. The molecule has 0 bridgehead atoms. The summed E-state index contributed by atoms with van der Waals surface area (Å²) in [5, 5.41) is 15.7. The van der Waals surface area contributed by atoms with Crippen LogP contribution in [0.3, 0.4) is 0 Å². The Morgan fingerprint density at radius 3 is 2.08 bits per heavy atom. The van der Waals surface area contributed by atoms with Gasteiger partial charge in [-0.2, -0.15) is 13.2 Å². The molecule has 0 spiro atoms. The van der Waals surface area contributed by atoms with Crippen LogP contribution in [0.1, 0.15) is 26.3 Å². The molecule has 0 aliphatic carbocycles. The average Bonchev–Trinajstić information content (AvgIpc) is 2.86. The van der Waals surface area contributed by atoms with Crippen molar-refractivity contribution in [1.29, 1.82) is 0 Å². The van der Waals surface area contributed by atoms with Gasteiger partial charge in [-0.25, -0.2) is 4.79 Å². The molecule has 2 amide bonds. The highest BCUT2D eigenvalue weighted by atomic mass is 32.2. The van der Waals surface area contributed by atoms with Crippen LogP contribution < -0.4 is 10.6 Å². The molecule has 0 heterocycles. The first-order chi connectivity index (χ1) is 17.6. The molecule has 0 unspecified atom stereocenters. The van der Waals surface area contributed by atoms with Gasteiger partial charge in [0.15, 0.2) is 0 Å². The Labute approximate surface area is 213 Å². The molecular weight excluding hydrogens is 505 g/mol. The SMILES string of the molecule is O=C(CSc1cccc(NC(=O)c2cccc3cccc(C(=O)O)c23)c1)Nc1cccc(C(F)(F)F)c1. The molecule has 0 saturated heterocycles. The van der Waals surface area contributed by atoms with Gasteiger partial charge in [0, 0.05) is 27.2 Å². The highest BCUT2D eigenvalue weighted by molar-refractivity contribution is 8.00. The molecule has 4 aromatic carbocycles. The lowest BCUT2D eigenvalue weighted by atomic mass is 9.98. The summed E-state index contributed by atoms with van der Waals surface area (Å²) in [6.07, 6.45) is -4.51. The van der Waals surface area contributed by atoms with Crippen molar-refractivity contribution in [2.75, 3.05) is 16.4 Å². The number of halogens is 3. The van der Waals surface area contributed by atoms with Gasteiger partial charge in [-0.3, -0.25) is 9.59 Å². The standard InChI is InChI=1S/C27H19F3N2O4S/c28-27(29,30)17-7-3-8-18(13-17)31-23(33)15-37-20-10-4-9-19(14-20)32-25(34)21-11-1-5-16-6-2-12-22(24(16)21)26(35)36/h1-14H,15H2,(H,31,33)(H,32,34)(H,35,36). The van der Waals surface area contributed by atoms with Crippen molar-refractivity contribution in [1.82, 2.24) is 0 Å². The van der Waals surface area contributed by atoms with E-state index in [1.54, 1.807) is 54.6 Å². The summed E-state index contributed by atoms with van der Waals surface area (Å²) in [7, 11) is 0. The van der Waals surface area contributed by atoms with Crippen molar-refractivity contribution in [2.24, 2.45) is 0 Å². The van der Waals surface area contributed by atoms with Crippen LogP contribution in [0.5, 0.6) is 0 Å². The number of benzene rings is 4. The van der Waals surface area contributed by atoms with Gasteiger partial charge in [0.25, 0.3) is 5.91 Å². The summed E-state index contributed by atoms with van der Waals surface area (Å²) < 4.78 is 38.6. The van der Waals surface area contributed by atoms with Gasteiger partial charge in [0.1, 0.15) is 0 Å². The van der Waals surface area contributed by atoms with Crippen molar-refractivity contribution in [3.63, 3.8) is 0 Å². The van der Waals surface area contributed by atoms with Gasteiger partial charge < -0.3 is 15.7 Å². The van der Waals surface area contributed by atoms with E-state index < -0.39 is 29.5 Å². The number of carboxylic acids is 1. The molecule has 6 nitrogen and oxygen atoms in total. The van der Waals surface area contributed by atoms with Crippen molar-refractivity contribution in [3.8, 4) is 0 Å². The van der Waals surface area contributed by atoms with Gasteiger partial charge in [-0.05, 0) is 53.9 Å². The van der Waals surface area contributed by atoms with Crippen molar-refractivity contribution in [3.05, 3.63) is 102 Å². The maximum atomic E-state index is 13.0. The fourth-order valence-corrected chi connectivity index (χ4v) is 4.44. The van der Waals surface area contributed by atoms with Gasteiger partial charge in [0.2, 0.25) is 5.91 Å². The number of carboxylic acid groups (broad SMARTS) is 1. The summed E-state index contributed by atoms with van der Waals surface area (Å²) in [6.45, 7) is 0. The fraction of sp³-hybridized carbons (Fsp3) is 0.0741. The predicted molar refractivity (Wildman–Crippen MR) is 136 cm³/mol.